The molecule has 3 nitrogen and oxygen atoms in total. The van der Waals surface area contributed by atoms with Gasteiger partial charge in [-0.1, -0.05) is 36.8 Å². The van der Waals surface area contributed by atoms with Crippen LogP contribution in [0.4, 0.5) is 0 Å². The third kappa shape index (κ3) is 6.19. The van der Waals surface area contributed by atoms with Crippen LogP contribution in [0.15, 0.2) is 24.3 Å². The summed E-state index contributed by atoms with van der Waals surface area (Å²) in [5, 5.41) is 3.47. The van der Waals surface area contributed by atoms with E-state index in [0.717, 1.165) is 26.2 Å². The Hall–Kier alpha value is -0.900. The molecule has 1 atom stereocenters. The standard InChI is InChI=1S/C16H28N2O/c1-5-10-17-11-16(13-19-4)18(3)12-15-8-6-14(2)7-9-15/h6-9,16-17H,5,10-13H2,1-4H3. The van der Waals surface area contributed by atoms with Crippen molar-refractivity contribution in [3.63, 3.8) is 0 Å². The van der Waals surface area contributed by atoms with E-state index in [2.05, 4.69) is 55.4 Å². The Morgan fingerprint density at radius 1 is 1.26 bits per heavy atom. The van der Waals surface area contributed by atoms with Crippen LogP contribution in [0, 0.1) is 6.92 Å². The molecular weight excluding hydrogens is 236 g/mol. The monoisotopic (exact) mass is 264 g/mol. The van der Waals surface area contributed by atoms with Crippen LogP contribution in [0.5, 0.6) is 0 Å². The van der Waals surface area contributed by atoms with Crippen LogP contribution in [0.2, 0.25) is 0 Å². The molecule has 0 aromatic heterocycles. The second-order valence-corrected chi connectivity index (χ2v) is 5.21. The lowest BCUT2D eigenvalue weighted by atomic mass is 10.1. The molecule has 0 aliphatic carbocycles. The summed E-state index contributed by atoms with van der Waals surface area (Å²) in [6.45, 7) is 8.08. The van der Waals surface area contributed by atoms with Gasteiger partial charge in [0.2, 0.25) is 0 Å². The molecule has 108 valence electrons. The SMILES string of the molecule is CCCNCC(COC)N(C)Cc1ccc(C)cc1. The second kappa shape index (κ2) is 9.08. The first-order valence-corrected chi connectivity index (χ1v) is 7.12. The molecule has 1 aromatic rings. The molecule has 19 heavy (non-hydrogen) atoms. The number of benzene rings is 1. The van der Waals surface area contributed by atoms with Crippen molar-refractivity contribution in [3.8, 4) is 0 Å². The maximum atomic E-state index is 5.33. The fraction of sp³-hybridized carbons (Fsp3) is 0.625. The van der Waals surface area contributed by atoms with Gasteiger partial charge in [-0.05, 0) is 32.5 Å². The van der Waals surface area contributed by atoms with Gasteiger partial charge in [0, 0.05) is 26.2 Å². The lowest BCUT2D eigenvalue weighted by Gasteiger charge is -2.28. The highest BCUT2D eigenvalue weighted by Crippen LogP contribution is 2.08. The smallest absolute Gasteiger partial charge is 0.0630 e. The third-order valence-electron chi connectivity index (χ3n) is 3.34. The number of ether oxygens (including phenoxy) is 1. The van der Waals surface area contributed by atoms with Crippen molar-refractivity contribution in [1.82, 2.24) is 10.2 Å². The molecule has 1 unspecified atom stereocenters. The first-order chi connectivity index (χ1) is 9.17. The largest absolute Gasteiger partial charge is 0.383 e. The number of methoxy groups -OCH3 is 1. The summed E-state index contributed by atoms with van der Waals surface area (Å²) in [6, 6.07) is 9.16. The van der Waals surface area contributed by atoms with Crippen molar-refractivity contribution >= 4 is 0 Å². The van der Waals surface area contributed by atoms with Crippen molar-refractivity contribution in [2.75, 3.05) is 33.9 Å². The van der Waals surface area contributed by atoms with Crippen molar-refractivity contribution in [2.45, 2.75) is 32.9 Å². The molecule has 1 aromatic carbocycles. The molecule has 0 saturated heterocycles. The van der Waals surface area contributed by atoms with E-state index in [1.165, 1.54) is 17.5 Å². The number of nitrogens with zero attached hydrogens (tertiary/aromatic N) is 1. The molecule has 0 bridgehead atoms. The van der Waals surface area contributed by atoms with Crippen molar-refractivity contribution < 1.29 is 4.74 Å². The minimum absolute atomic E-state index is 0.415. The third-order valence-corrected chi connectivity index (χ3v) is 3.34. The molecule has 0 radical (unpaired) electrons. The molecule has 0 aliphatic rings. The van der Waals surface area contributed by atoms with Gasteiger partial charge >= 0.3 is 0 Å². The van der Waals surface area contributed by atoms with Gasteiger partial charge in [-0.2, -0.15) is 0 Å². The van der Waals surface area contributed by atoms with E-state index in [1.807, 2.05) is 0 Å². The first kappa shape index (κ1) is 16.2. The van der Waals surface area contributed by atoms with Crippen molar-refractivity contribution in [2.24, 2.45) is 0 Å². The molecule has 0 saturated carbocycles. The topological polar surface area (TPSA) is 24.5 Å². The zero-order valence-corrected chi connectivity index (χ0v) is 12.8. The number of hydrogen-bond acceptors (Lipinski definition) is 3. The Kier molecular flexibility index (Phi) is 7.72. The van der Waals surface area contributed by atoms with Gasteiger partial charge < -0.3 is 10.1 Å². The Balaban J connectivity index is 2.50. The number of aryl methyl sites for hydroxylation is 1. The summed E-state index contributed by atoms with van der Waals surface area (Å²) >= 11 is 0. The lowest BCUT2D eigenvalue weighted by Crippen LogP contribution is -2.42. The van der Waals surface area contributed by atoms with E-state index >= 15 is 0 Å². The fourth-order valence-corrected chi connectivity index (χ4v) is 2.09. The molecule has 0 fully saturated rings. The highest BCUT2D eigenvalue weighted by Gasteiger charge is 2.14. The summed E-state index contributed by atoms with van der Waals surface area (Å²) in [4.78, 5) is 2.36. The van der Waals surface area contributed by atoms with Gasteiger partial charge in [0.15, 0.2) is 0 Å². The van der Waals surface area contributed by atoms with Gasteiger partial charge in [0.1, 0.15) is 0 Å². The maximum absolute atomic E-state index is 5.33. The van der Waals surface area contributed by atoms with Gasteiger partial charge in [-0.3, -0.25) is 4.90 Å². The maximum Gasteiger partial charge on any atom is 0.0630 e. The first-order valence-electron chi connectivity index (χ1n) is 7.12. The minimum atomic E-state index is 0.415. The van der Waals surface area contributed by atoms with Crippen LogP contribution < -0.4 is 5.32 Å². The number of nitrogens with one attached hydrogen (secondary N) is 1. The van der Waals surface area contributed by atoms with E-state index < -0.39 is 0 Å². The van der Waals surface area contributed by atoms with Crippen LogP contribution in [0.1, 0.15) is 24.5 Å². The van der Waals surface area contributed by atoms with Crippen LogP contribution in [-0.4, -0.2) is 44.8 Å². The highest BCUT2D eigenvalue weighted by molar-refractivity contribution is 5.21. The molecule has 3 heteroatoms. The molecule has 0 spiro atoms. The number of rotatable bonds is 9. The van der Waals surface area contributed by atoms with Gasteiger partial charge in [0.05, 0.1) is 6.61 Å². The summed E-state index contributed by atoms with van der Waals surface area (Å²) in [6.07, 6.45) is 1.17. The Morgan fingerprint density at radius 3 is 2.53 bits per heavy atom. The van der Waals surface area contributed by atoms with E-state index in [-0.39, 0.29) is 0 Å². The summed E-state index contributed by atoms with van der Waals surface area (Å²) < 4.78 is 5.33. The summed E-state index contributed by atoms with van der Waals surface area (Å²) in [5.74, 6) is 0. The lowest BCUT2D eigenvalue weighted by molar-refractivity contribution is 0.101. The van der Waals surface area contributed by atoms with Gasteiger partial charge in [-0.15, -0.1) is 0 Å². The summed E-state index contributed by atoms with van der Waals surface area (Å²) in [5.41, 5.74) is 2.66. The van der Waals surface area contributed by atoms with Gasteiger partial charge in [-0.25, -0.2) is 0 Å². The molecular formula is C16H28N2O. The average molecular weight is 264 g/mol. The van der Waals surface area contributed by atoms with Crippen molar-refractivity contribution in [1.29, 1.82) is 0 Å². The highest BCUT2D eigenvalue weighted by atomic mass is 16.5. The predicted molar refractivity (Wildman–Crippen MR) is 81.5 cm³/mol. The van der Waals surface area contributed by atoms with E-state index in [1.54, 1.807) is 7.11 Å². The Labute approximate surface area is 118 Å². The molecule has 1 rings (SSSR count). The summed E-state index contributed by atoms with van der Waals surface area (Å²) in [7, 11) is 3.93. The number of likely N-dealkylation sites (N-methyl/N-ethyl adjacent to an activating group) is 1. The molecule has 1 N–H and O–H groups in total. The quantitative estimate of drug-likeness (QED) is 0.693. The van der Waals surface area contributed by atoms with E-state index in [9.17, 15) is 0 Å². The number of hydrogen-bond donors (Lipinski definition) is 1. The average Bonchev–Trinajstić information content (AvgIpc) is 2.40. The van der Waals surface area contributed by atoms with Crippen LogP contribution >= 0.6 is 0 Å². The van der Waals surface area contributed by atoms with Crippen LogP contribution in [0.3, 0.4) is 0 Å². The van der Waals surface area contributed by atoms with E-state index in [4.69, 9.17) is 4.74 Å². The zero-order chi connectivity index (χ0) is 14.1. The predicted octanol–water partition coefficient (Wildman–Crippen LogP) is 2.44. The zero-order valence-electron chi connectivity index (χ0n) is 12.8. The fourth-order valence-electron chi connectivity index (χ4n) is 2.09. The minimum Gasteiger partial charge on any atom is -0.383 e. The Bertz CT molecular complexity index is 337. The van der Waals surface area contributed by atoms with E-state index in [0.29, 0.717) is 6.04 Å². The van der Waals surface area contributed by atoms with Crippen LogP contribution in [-0.2, 0) is 11.3 Å². The molecule has 0 amide bonds. The van der Waals surface area contributed by atoms with Crippen LogP contribution in [0.25, 0.3) is 0 Å². The second-order valence-electron chi connectivity index (χ2n) is 5.21. The normalized spacial score (nSPS) is 12.9. The van der Waals surface area contributed by atoms with Crippen molar-refractivity contribution in [3.05, 3.63) is 35.4 Å². The molecule has 0 heterocycles. The van der Waals surface area contributed by atoms with Gasteiger partial charge in [0.25, 0.3) is 0 Å². The Morgan fingerprint density at radius 2 is 1.95 bits per heavy atom. The molecule has 0 aliphatic heterocycles.